The first-order valence-electron chi connectivity index (χ1n) is 24.0. The number of fused-ring (bicyclic) bond motifs is 1. The average Bonchev–Trinajstić information content (AvgIpc) is 3.36. The van der Waals surface area contributed by atoms with Gasteiger partial charge in [0.05, 0.1) is 55.9 Å². The molecule has 22 heteroatoms. The Morgan fingerprint density at radius 3 is 2.07 bits per heavy atom. The van der Waals surface area contributed by atoms with Crippen molar-refractivity contribution in [3.63, 3.8) is 0 Å². The van der Waals surface area contributed by atoms with Crippen LogP contribution in [0.4, 0.5) is 0 Å². The number of aliphatic carboxylic acids is 1. The second kappa shape index (κ2) is 24.8. The number of esters is 1. The zero-order chi connectivity index (χ0) is 51.1. The summed E-state index contributed by atoms with van der Waals surface area (Å²) in [6.45, 7) is 3.02. The molecule has 4 heterocycles. The third kappa shape index (κ3) is 12.7. The van der Waals surface area contributed by atoms with Gasteiger partial charge < -0.3 is 93.0 Å². The summed E-state index contributed by atoms with van der Waals surface area (Å²) >= 11 is 0. The lowest BCUT2D eigenvalue weighted by molar-refractivity contribution is -0.351. The van der Waals surface area contributed by atoms with Crippen LogP contribution in [-0.4, -0.2) is 188 Å². The largest absolute Gasteiger partial charge is 0.479 e. The summed E-state index contributed by atoms with van der Waals surface area (Å²) in [7, 11) is 0. The van der Waals surface area contributed by atoms with E-state index in [1.54, 1.807) is 55.5 Å². The van der Waals surface area contributed by atoms with Crippen molar-refractivity contribution in [2.24, 2.45) is 11.8 Å². The van der Waals surface area contributed by atoms with Crippen molar-refractivity contribution in [2.75, 3.05) is 19.8 Å². The molecule has 3 aliphatic heterocycles. The Morgan fingerprint density at radius 2 is 1.39 bits per heavy atom. The number of carboxylic acids is 1. The number of rotatable bonds is 20. The van der Waals surface area contributed by atoms with Crippen molar-refractivity contribution in [2.45, 2.75) is 170 Å². The fourth-order valence-electron chi connectivity index (χ4n) is 9.65. The molecule has 0 radical (unpaired) electrons. The number of ether oxygens (including phenoxy) is 9. The summed E-state index contributed by atoms with van der Waals surface area (Å²) in [5.74, 6) is -3.24. The van der Waals surface area contributed by atoms with E-state index in [-0.39, 0.29) is 37.2 Å². The number of aliphatic hydroxyl groups excluding tert-OH is 8. The fourth-order valence-corrected chi connectivity index (χ4v) is 9.65. The van der Waals surface area contributed by atoms with Crippen molar-refractivity contribution in [1.82, 2.24) is 0 Å². The number of carbonyl (C=O) groups is 2. The maximum atomic E-state index is 13.8. The number of aliphatic hydroxyl groups is 8. The molecule has 1 aliphatic carbocycles. The lowest BCUT2D eigenvalue weighted by Crippen LogP contribution is -2.64. The summed E-state index contributed by atoms with van der Waals surface area (Å²) in [5, 5.41) is 98.0. The van der Waals surface area contributed by atoms with E-state index in [4.69, 9.17) is 47.0 Å². The zero-order valence-electron chi connectivity index (χ0n) is 39.5. The lowest BCUT2D eigenvalue weighted by Gasteiger charge is -2.49. The Kier molecular flexibility index (Phi) is 19.1. The van der Waals surface area contributed by atoms with Gasteiger partial charge in [0.2, 0.25) is 0 Å². The van der Waals surface area contributed by atoms with Crippen molar-refractivity contribution in [1.29, 1.82) is 0 Å². The maximum Gasteiger partial charge on any atom is 0.341 e. The maximum absolute atomic E-state index is 13.8. The molecule has 3 saturated heterocycles. The summed E-state index contributed by atoms with van der Waals surface area (Å²) in [4.78, 5) is 39.0. The fraction of sp³-hybridized carbons (Fsp3) is 0.653. The Labute approximate surface area is 408 Å². The summed E-state index contributed by atoms with van der Waals surface area (Å²) in [5.41, 5.74) is -0.142. The number of para-hydroxylation sites is 1. The normalized spacial score (nSPS) is 37.1. The molecule has 4 fully saturated rings. The zero-order valence-corrected chi connectivity index (χ0v) is 39.5. The van der Waals surface area contributed by atoms with Crippen LogP contribution < -0.4 is 5.63 Å². The van der Waals surface area contributed by atoms with E-state index in [0.717, 1.165) is 0 Å². The van der Waals surface area contributed by atoms with Crippen molar-refractivity contribution < 1.29 is 103 Å². The average molecular weight is 1010 g/mol. The molecule has 0 spiro atoms. The second-order valence-electron chi connectivity index (χ2n) is 18.5. The van der Waals surface area contributed by atoms with E-state index in [1.807, 2.05) is 6.92 Å². The highest BCUT2D eigenvalue weighted by Crippen LogP contribution is 2.41. The molecule has 0 amide bonds. The van der Waals surface area contributed by atoms with Crippen LogP contribution in [-0.2, 0) is 54.0 Å². The highest BCUT2D eigenvalue weighted by Gasteiger charge is 2.54. The van der Waals surface area contributed by atoms with Gasteiger partial charge in [-0.15, -0.1) is 0 Å². The Balaban J connectivity index is 1.16. The molecule has 2 aromatic carbocycles. The van der Waals surface area contributed by atoms with E-state index in [0.29, 0.717) is 30.2 Å². The van der Waals surface area contributed by atoms with Gasteiger partial charge in [0.25, 0.3) is 0 Å². The van der Waals surface area contributed by atoms with Crippen molar-refractivity contribution >= 4 is 22.9 Å². The summed E-state index contributed by atoms with van der Waals surface area (Å²) in [6.07, 6.45) is -25.5. The van der Waals surface area contributed by atoms with Crippen LogP contribution in [0.3, 0.4) is 0 Å². The molecule has 22 nitrogen and oxygen atoms in total. The quantitative estimate of drug-likeness (QED) is 0.0536. The Hall–Kier alpha value is -4.05. The van der Waals surface area contributed by atoms with Crippen LogP contribution >= 0.6 is 0 Å². The first-order chi connectivity index (χ1) is 34.1. The molecule has 1 aromatic heterocycles. The topological polar surface area (TPSA) is 329 Å². The molecule has 20 atom stereocenters. The van der Waals surface area contributed by atoms with Gasteiger partial charge in [-0.2, -0.15) is 0 Å². The van der Waals surface area contributed by atoms with E-state index < -0.39 is 153 Å². The molecule has 1 saturated carbocycles. The monoisotopic (exact) mass is 1010 g/mol. The minimum atomic E-state index is -1.74. The first-order valence-corrected chi connectivity index (χ1v) is 24.0. The third-order valence-electron chi connectivity index (χ3n) is 13.6. The van der Waals surface area contributed by atoms with Gasteiger partial charge in [-0.05, 0) is 62.3 Å². The smallest absolute Gasteiger partial charge is 0.341 e. The number of benzene rings is 2. The van der Waals surface area contributed by atoms with Gasteiger partial charge in [-0.25, -0.2) is 14.4 Å². The SMILES string of the molecule is CCC[C@H](OC1C(OC(=O)c2ccccc2)[C@H](O[C@@H]2CC(CO[C@H]3OC(CO)[C@@H](O)C(OCc4cc5ccccc5oc4=O)C3O)CC(CC)C2O[C@@H]2OC(C)[C@H](O)C(O)C2O)OC(CO)[C@@H]1O)C(=O)O. The first kappa shape index (κ1) is 54.7. The Bertz CT molecular complexity index is 2230. The highest BCUT2D eigenvalue weighted by molar-refractivity contribution is 5.89. The minimum Gasteiger partial charge on any atom is -0.479 e. The van der Waals surface area contributed by atoms with Crippen LogP contribution in [0.1, 0.15) is 68.8 Å². The van der Waals surface area contributed by atoms with Gasteiger partial charge in [-0.3, -0.25) is 0 Å². The van der Waals surface area contributed by atoms with Crippen LogP contribution in [0.25, 0.3) is 11.0 Å². The molecule has 394 valence electrons. The van der Waals surface area contributed by atoms with E-state index in [2.05, 4.69) is 0 Å². The lowest BCUT2D eigenvalue weighted by atomic mass is 9.76. The number of carboxylic acid groups (broad SMARTS) is 1. The molecule has 12 unspecified atom stereocenters. The van der Waals surface area contributed by atoms with Crippen molar-refractivity contribution in [3.8, 4) is 0 Å². The molecule has 71 heavy (non-hydrogen) atoms. The van der Waals surface area contributed by atoms with Crippen molar-refractivity contribution in [3.05, 3.63) is 82.2 Å². The van der Waals surface area contributed by atoms with Gasteiger partial charge >= 0.3 is 17.6 Å². The van der Waals surface area contributed by atoms with Gasteiger partial charge in [-0.1, -0.05) is 63.1 Å². The molecule has 9 N–H and O–H groups in total. The van der Waals surface area contributed by atoms with Gasteiger partial charge in [0.1, 0.15) is 66.6 Å². The van der Waals surface area contributed by atoms with E-state index in [9.17, 15) is 60.3 Å². The predicted molar refractivity (Wildman–Crippen MR) is 242 cm³/mol. The molecular formula is C49H66O22. The molecule has 7 rings (SSSR count). The molecule has 0 bridgehead atoms. The Morgan fingerprint density at radius 1 is 0.718 bits per heavy atom. The van der Waals surface area contributed by atoms with Crippen LogP contribution in [0.15, 0.2) is 69.9 Å². The number of hydrogen-bond acceptors (Lipinski definition) is 21. The summed E-state index contributed by atoms with van der Waals surface area (Å²) < 4.78 is 60.6. The van der Waals surface area contributed by atoms with Crippen LogP contribution in [0.5, 0.6) is 0 Å². The standard InChI is InChI=1S/C49H66O22/c1-4-11-30(44(58)59)65-42-36(54)33(20-51)69-49(43(42)70-45(60)26-12-7-6-8-13-26)67-31-17-24(16-25(5-2)40(31)71-48-38(56)37(55)34(52)23(3)64-48)21-63-47-39(57)41(35(53)32(19-50)68-47)62-22-28-18-27-14-9-10-15-29(27)66-46(28)61/h6-10,12-15,18,23-25,30-43,47-57H,4-5,11,16-17,19-22H2,1-3H3,(H,58,59)/t23?,24?,25?,30-,31+,32?,33?,34-,35+,36-,37?,38?,39?,40?,41?,42?,43?,47-,48-,49+/m0/s1. The predicted octanol–water partition coefficient (Wildman–Crippen LogP) is 0.110. The highest BCUT2D eigenvalue weighted by atomic mass is 16.8. The molecule has 4 aliphatic rings. The minimum absolute atomic E-state index is 0.00118. The number of hydrogen-bond donors (Lipinski definition) is 9. The van der Waals surface area contributed by atoms with E-state index >= 15 is 0 Å². The summed E-state index contributed by atoms with van der Waals surface area (Å²) in [6, 6.07) is 16.2. The number of carbonyl (C=O) groups excluding carboxylic acids is 1. The van der Waals surface area contributed by atoms with Gasteiger partial charge in [0.15, 0.2) is 31.1 Å². The molecular weight excluding hydrogens is 941 g/mol. The molecule has 3 aromatic rings. The van der Waals surface area contributed by atoms with Crippen LogP contribution in [0.2, 0.25) is 0 Å². The third-order valence-corrected chi connectivity index (χ3v) is 13.6. The van der Waals surface area contributed by atoms with Crippen LogP contribution in [0, 0.1) is 11.8 Å². The van der Waals surface area contributed by atoms with Gasteiger partial charge in [0, 0.05) is 5.39 Å². The van der Waals surface area contributed by atoms with E-state index in [1.165, 1.54) is 19.1 Å². The second-order valence-corrected chi connectivity index (χ2v) is 18.5.